The van der Waals surface area contributed by atoms with E-state index in [4.69, 9.17) is 23.2 Å². The SMILES string of the molecule is CC(C)(C)C[C@H]1N[C@@H](C(=O)N[C@H]2CC[C@](C)(O)C2)[C@H](c2cccc(Cl)c2F)[C@@]12C(=O)Nc1cc(Cl)ccc12. The third-order valence-electron chi connectivity index (χ3n) is 8.28. The molecule has 2 heterocycles. The molecule has 2 aromatic carbocycles. The third kappa shape index (κ3) is 4.61. The van der Waals surface area contributed by atoms with E-state index in [0.717, 1.165) is 0 Å². The fourth-order valence-corrected chi connectivity index (χ4v) is 7.14. The molecule has 9 heteroatoms. The van der Waals surface area contributed by atoms with Crippen molar-refractivity contribution >= 4 is 40.7 Å². The van der Waals surface area contributed by atoms with Crippen LogP contribution in [0.25, 0.3) is 0 Å². The lowest BCUT2D eigenvalue weighted by Gasteiger charge is -2.37. The van der Waals surface area contributed by atoms with Crippen LogP contribution in [0.5, 0.6) is 0 Å². The maximum absolute atomic E-state index is 15.8. The Labute approximate surface area is 232 Å². The van der Waals surface area contributed by atoms with E-state index in [1.54, 1.807) is 37.3 Å². The molecule has 2 aromatic rings. The quantitative estimate of drug-likeness (QED) is 0.407. The molecule has 1 saturated carbocycles. The van der Waals surface area contributed by atoms with Crippen molar-refractivity contribution in [1.82, 2.24) is 10.6 Å². The molecule has 204 valence electrons. The normalized spacial score (nSPS) is 32.5. The zero-order valence-corrected chi connectivity index (χ0v) is 23.5. The van der Waals surface area contributed by atoms with E-state index in [0.29, 0.717) is 42.0 Å². The van der Waals surface area contributed by atoms with Crippen molar-refractivity contribution in [3.8, 4) is 0 Å². The number of carbonyl (C=O) groups excluding carboxylic acids is 2. The fraction of sp³-hybridized carbons (Fsp3) is 0.517. The number of benzene rings is 2. The number of aliphatic hydroxyl groups is 1. The Morgan fingerprint density at radius 1 is 1.24 bits per heavy atom. The predicted octanol–water partition coefficient (Wildman–Crippen LogP) is 5.30. The Kier molecular flexibility index (Phi) is 6.83. The Morgan fingerprint density at radius 3 is 2.63 bits per heavy atom. The summed E-state index contributed by atoms with van der Waals surface area (Å²) in [6, 6.07) is 8.29. The Morgan fingerprint density at radius 2 is 1.97 bits per heavy atom. The molecule has 2 fully saturated rings. The number of halogens is 3. The number of amides is 2. The van der Waals surface area contributed by atoms with E-state index in [2.05, 4.69) is 36.7 Å². The second-order valence-corrected chi connectivity index (χ2v) is 13.4. The molecule has 0 unspecified atom stereocenters. The van der Waals surface area contributed by atoms with E-state index in [9.17, 15) is 14.7 Å². The van der Waals surface area contributed by atoms with Crippen LogP contribution in [-0.2, 0) is 15.0 Å². The van der Waals surface area contributed by atoms with Gasteiger partial charge in [0.2, 0.25) is 11.8 Å². The van der Waals surface area contributed by atoms with Gasteiger partial charge >= 0.3 is 0 Å². The fourth-order valence-electron chi connectivity index (χ4n) is 6.79. The molecule has 0 radical (unpaired) electrons. The van der Waals surface area contributed by atoms with Gasteiger partial charge in [-0.05, 0) is 67.3 Å². The zero-order valence-electron chi connectivity index (χ0n) is 22.0. The van der Waals surface area contributed by atoms with E-state index >= 15 is 4.39 Å². The number of anilines is 1. The summed E-state index contributed by atoms with van der Waals surface area (Å²) in [6.07, 6.45) is 2.19. The third-order valence-corrected chi connectivity index (χ3v) is 8.81. The first-order valence-corrected chi connectivity index (χ1v) is 13.8. The molecule has 6 atom stereocenters. The van der Waals surface area contributed by atoms with Crippen molar-refractivity contribution in [1.29, 1.82) is 0 Å². The molecule has 2 amide bonds. The topological polar surface area (TPSA) is 90.5 Å². The molecule has 3 aliphatic rings. The van der Waals surface area contributed by atoms with Crippen molar-refractivity contribution < 1.29 is 19.1 Å². The minimum Gasteiger partial charge on any atom is -0.390 e. The Bertz CT molecular complexity index is 1290. The average molecular weight is 563 g/mol. The molecule has 1 aliphatic carbocycles. The minimum atomic E-state index is -1.29. The van der Waals surface area contributed by atoms with Gasteiger partial charge in [0.05, 0.1) is 16.7 Å². The summed E-state index contributed by atoms with van der Waals surface area (Å²) in [5.74, 6) is -2.17. The van der Waals surface area contributed by atoms with Crippen molar-refractivity contribution in [2.75, 3.05) is 5.32 Å². The Balaban J connectivity index is 1.68. The average Bonchev–Trinajstić information content (AvgIpc) is 3.41. The molecule has 6 nitrogen and oxygen atoms in total. The summed E-state index contributed by atoms with van der Waals surface area (Å²) < 4.78 is 15.8. The maximum atomic E-state index is 15.8. The molecule has 4 N–H and O–H groups in total. The first-order valence-electron chi connectivity index (χ1n) is 13.1. The van der Waals surface area contributed by atoms with Gasteiger partial charge in [0.15, 0.2) is 0 Å². The highest BCUT2D eigenvalue weighted by Gasteiger charge is 2.66. The van der Waals surface area contributed by atoms with Gasteiger partial charge in [-0.2, -0.15) is 0 Å². The van der Waals surface area contributed by atoms with Crippen LogP contribution in [0.1, 0.15) is 70.4 Å². The van der Waals surface area contributed by atoms with Crippen LogP contribution < -0.4 is 16.0 Å². The van der Waals surface area contributed by atoms with Crippen LogP contribution in [-0.4, -0.2) is 40.6 Å². The highest BCUT2D eigenvalue weighted by molar-refractivity contribution is 6.31. The lowest BCUT2D eigenvalue weighted by Crippen LogP contribution is -2.49. The van der Waals surface area contributed by atoms with Crippen molar-refractivity contribution in [2.45, 2.75) is 88.4 Å². The number of nitrogens with one attached hydrogen (secondary N) is 3. The number of fused-ring (bicyclic) bond motifs is 2. The van der Waals surface area contributed by atoms with E-state index in [1.165, 1.54) is 6.07 Å². The lowest BCUT2D eigenvalue weighted by atomic mass is 9.62. The summed E-state index contributed by atoms with van der Waals surface area (Å²) in [4.78, 5) is 28.1. The molecule has 1 spiro atoms. The van der Waals surface area contributed by atoms with Crippen molar-refractivity contribution in [2.24, 2.45) is 5.41 Å². The summed E-state index contributed by atoms with van der Waals surface area (Å²) in [5, 5.41) is 20.4. The first kappa shape index (κ1) is 27.4. The molecule has 5 rings (SSSR count). The van der Waals surface area contributed by atoms with Crippen LogP contribution >= 0.6 is 23.2 Å². The Hall–Kier alpha value is -2.19. The summed E-state index contributed by atoms with van der Waals surface area (Å²) in [5.41, 5.74) is -0.910. The van der Waals surface area contributed by atoms with Crippen molar-refractivity contribution in [3.05, 3.63) is 63.4 Å². The van der Waals surface area contributed by atoms with Gasteiger partial charge in [-0.1, -0.05) is 62.2 Å². The molecule has 0 bridgehead atoms. The highest BCUT2D eigenvalue weighted by atomic mass is 35.5. The van der Waals surface area contributed by atoms with E-state index in [-0.39, 0.29) is 33.9 Å². The van der Waals surface area contributed by atoms with Crippen LogP contribution in [0.2, 0.25) is 10.0 Å². The van der Waals surface area contributed by atoms with Crippen LogP contribution in [0.15, 0.2) is 36.4 Å². The smallest absolute Gasteiger partial charge is 0.238 e. The molecule has 38 heavy (non-hydrogen) atoms. The highest BCUT2D eigenvalue weighted by Crippen LogP contribution is 2.57. The maximum Gasteiger partial charge on any atom is 0.238 e. The first-order chi connectivity index (χ1) is 17.7. The summed E-state index contributed by atoms with van der Waals surface area (Å²) in [7, 11) is 0. The number of carbonyl (C=O) groups is 2. The van der Waals surface area contributed by atoms with Gasteiger partial charge in [0, 0.05) is 28.7 Å². The van der Waals surface area contributed by atoms with Crippen LogP contribution in [0.3, 0.4) is 0 Å². The summed E-state index contributed by atoms with van der Waals surface area (Å²) in [6.45, 7) is 7.97. The standard InChI is InChI=1S/C29H34Cl2FN3O3/c1-27(2,3)14-21-29(18-9-8-15(30)12-20(18)34-26(29)37)22(17-6-5-7-19(31)23(17)32)24(35-21)25(36)33-16-10-11-28(4,38)13-16/h5-9,12,16,21-22,24,35,38H,10-11,13-14H2,1-4H3,(H,33,36)(H,34,37)/t16-,21+,22-,24+,28-,29-/m0/s1. The zero-order chi connectivity index (χ0) is 27.6. The van der Waals surface area contributed by atoms with E-state index < -0.39 is 34.8 Å². The number of hydrogen-bond donors (Lipinski definition) is 4. The van der Waals surface area contributed by atoms with Crippen molar-refractivity contribution in [3.63, 3.8) is 0 Å². The van der Waals surface area contributed by atoms with Crippen LogP contribution in [0.4, 0.5) is 10.1 Å². The van der Waals surface area contributed by atoms with E-state index in [1.807, 2.05) is 0 Å². The van der Waals surface area contributed by atoms with Gasteiger partial charge in [-0.25, -0.2) is 4.39 Å². The second-order valence-electron chi connectivity index (χ2n) is 12.5. The number of hydrogen-bond acceptors (Lipinski definition) is 4. The largest absolute Gasteiger partial charge is 0.390 e. The molecule has 2 aliphatic heterocycles. The van der Waals surface area contributed by atoms with Gasteiger partial charge in [-0.15, -0.1) is 0 Å². The minimum absolute atomic E-state index is 0.0716. The summed E-state index contributed by atoms with van der Waals surface area (Å²) >= 11 is 12.5. The number of rotatable bonds is 4. The van der Waals surface area contributed by atoms with Gasteiger partial charge in [-0.3, -0.25) is 9.59 Å². The monoisotopic (exact) mass is 561 g/mol. The van der Waals surface area contributed by atoms with Gasteiger partial charge in [0.25, 0.3) is 0 Å². The predicted molar refractivity (Wildman–Crippen MR) is 147 cm³/mol. The van der Waals surface area contributed by atoms with Crippen LogP contribution in [0, 0.1) is 11.2 Å². The van der Waals surface area contributed by atoms with Gasteiger partial charge < -0.3 is 21.1 Å². The molecule has 1 saturated heterocycles. The second kappa shape index (κ2) is 9.47. The molecule has 0 aromatic heterocycles. The molecular weight excluding hydrogens is 528 g/mol. The lowest BCUT2D eigenvalue weighted by molar-refractivity contribution is -0.124. The molecular formula is C29H34Cl2FN3O3. The van der Waals surface area contributed by atoms with Gasteiger partial charge in [0.1, 0.15) is 11.2 Å².